The van der Waals surface area contributed by atoms with E-state index in [0.717, 1.165) is 44.9 Å². The summed E-state index contributed by atoms with van der Waals surface area (Å²) in [4.78, 5) is 20.4. The van der Waals surface area contributed by atoms with E-state index in [4.69, 9.17) is 14.9 Å². The number of hydrogen-bond acceptors (Lipinski definition) is 3. The highest BCUT2D eigenvalue weighted by molar-refractivity contribution is 5.66. The number of carboxylic acid groups (broad SMARTS) is 2. The zero-order valence-corrected chi connectivity index (χ0v) is 10.9. The van der Waals surface area contributed by atoms with Gasteiger partial charge in [0.05, 0.1) is 13.0 Å². The molecule has 5 nitrogen and oxygen atoms in total. The van der Waals surface area contributed by atoms with Crippen molar-refractivity contribution in [1.82, 2.24) is 0 Å². The molecule has 0 fully saturated rings. The Morgan fingerprint density at radius 2 is 1.17 bits per heavy atom. The molecule has 0 atom stereocenters. The molecule has 18 heavy (non-hydrogen) atoms. The maximum Gasteiger partial charge on any atom is 0.305 e. The molecule has 0 heterocycles. The van der Waals surface area contributed by atoms with Gasteiger partial charge in [-0.3, -0.25) is 9.59 Å². The first kappa shape index (κ1) is 16.9. The molecule has 0 radical (unpaired) electrons. The molecule has 0 rings (SSSR count). The third kappa shape index (κ3) is 14.9. The van der Waals surface area contributed by atoms with Crippen LogP contribution in [0.1, 0.15) is 57.8 Å². The second-order valence-corrected chi connectivity index (χ2v) is 4.37. The SMILES string of the molecule is O=C(O)CCCCCCCCCOCCC(=O)O. The van der Waals surface area contributed by atoms with Gasteiger partial charge >= 0.3 is 11.9 Å². The van der Waals surface area contributed by atoms with Crippen LogP contribution >= 0.6 is 0 Å². The van der Waals surface area contributed by atoms with E-state index in [2.05, 4.69) is 0 Å². The predicted octanol–water partition coefficient (Wildman–Crippen LogP) is 2.68. The molecule has 0 aliphatic rings. The van der Waals surface area contributed by atoms with Crippen LogP contribution in [0, 0.1) is 0 Å². The molecule has 0 bridgehead atoms. The largest absolute Gasteiger partial charge is 0.481 e. The number of unbranched alkanes of at least 4 members (excludes halogenated alkanes) is 6. The molecule has 0 aliphatic heterocycles. The third-order valence-corrected chi connectivity index (χ3v) is 2.64. The third-order valence-electron chi connectivity index (χ3n) is 2.64. The van der Waals surface area contributed by atoms with Gasteiger partial charge in [-0.1, -0.05) is 32.1 Å². The molecule has 0 spiro atoms. The Hall–Kier alpha value is -1.10. The minimum absolute atomic E-state index is 0.0730. The lowest BCUT2D eigenvalue weighted by Crippen LogP contribution is -2.03. The van der Waals surface area contributed by atoms with E-state index in [9.17, 15) is 9.59 Å². The number of aliphatic carboxylic acids is 2. The fraction of sp³-hybridized carbons (Fsp3) is 0.846. The van der Waals surface area contributed by atoms with E-state index >= 15 is 0 Å². The van der Waals surface area contributed by atoms with Gasteiger partial charge in [-0.2, -0.15) is 0 Å². The average Bonchev–Trinajstić information content (AvgIpc) is 2.29. The Bertz CT molecular complexity index is 203. The number of carbonyl (C=O) groups is 2. The van der Waals surface area contributed by atoms with Crippen LogP contribution in [0.4, 0.5) is 0 Å². The van der Waals surface area contributed by atoms with Crippen molar-refractivity contribution in [3.8, 4) is 0 Å². The first-order valence-electron chi connectivity index (χ1n) is 6.64. The van der Waals surface area contributed by atoms with Gasteiger partial charge in [-0.05, 0) is 12.8 Å². The summed E-state index contributed by atoms with van der Waals surface area (Å²) in [6.45, 7) is 0.927. The van der Waals surface area contributed by atoms with Gasteiger partial charge in [0, 0.05) is 13.0 Å². The summed E-state index contributed by atoms with van der Waals surface area (Å²) in [5, 5.41) is 16.8. The Labute approximate surface area is 108 Å². The number of ether oxygens (including phenoxy) is 1. The van der Waals surface area contributed by atoms with E-state index in [1.54, 1.807) is 0 Å². The lowest BCUT2D eigenvalue weighted by molar-refractivity contribution is -0.138. The van der Waals surface area contributed by atoms with E-state index in [1.165, 1.54) is 0 Å². The van der Waals surface area contributed by atoms with Gasteiger partial charge in [0.15, 0.2) is 0 Å². The van der Waals surface area contributed by atoms with E-state index < -0.39 is 11.9 Å². The van der Waals surface area contributed by atoms with Crippen LogP contribution in [0.3, 0.4) is 0 Å². The van der Waals surface area contributed by atoms with Crippen LogP contribution in [-0.2, 0) is 14.3 Å². The van der Waals surface area contributed by atoms with Crippen LogP contribution in [-0.4, -0.2) is 35.4 Å². The van der Waals surface area contributed by atoms with Gasteiger partial charge in [0.25, 0.3) is 0 Å². The topological polar surface area (TPSA) is 83.8 Å². The first-order valence-corrected chi connectivity index (χ1v) is 6.64. The van der Waals surface area contributed by atoms with Crippen molar-refractivity contribution in [2.24, 2.45) is 0 Å². The summed E-state index contributed by atoms with van der Waals surface area (Å²) in [7, 11) is 0. The van der Waals surface area contributed by atoms with E-state index in [1.807, 2.05) is 0 Å². The molecule has 106 valence electrons. The predicted molar refractivity (Wildman–Crippen MR) is 67.6 cm³/mol. The second kappa shape index (κ2) is 12.4. The summed E-state index contributed by atoms with van der Waals surface area (Å²) >= 11 is 0. The van der Waals surface area contributed by atoms with Crippen LogP contribution in [0.2, 0.25) is 0 Å². The Morgan fingerprint density at radius 1 is 0.667 bits per heavy atom. The lowest BCUT2D eigenvalue weighted by atomic mass is 10.1. The molecule has 0 aromatic heterocycles. The van der Waals surface area contributed by atoms with Crippen molar-refractivity contribution < 1.29 is 24.5 Å². The summed E-state index contributed by atoms with van der Waals surface area (Å²) in [6, 6.07) is 0. The molecule has 2 N–H and O–H groups in total. The lowest BCUT2D eigenvalue weighted by Gasteiger charge is -2.03. The standard InChI is InChI=1S/C13H24O5/c14-12(15)8-6-4-2-1-3-5-7-10-18-11-9-13(16)17/h1-11H2,(H,14,15)(H,16,17). The molecular formula is C13H24O5. The smallest absolute Gasteiger partial charge is 0.305 e. The highest BCUT2D eigenvalue weighted by atomic mass is 16.5. The van der Waals surface area contributed by atoms with Crippen LogP contribution in [0.15, 0.2) is 0 Å². The van der Waals surface area contributed by atoms with Crippen molar-refractivity contribution in [1.29, 1.82) is 0 Å². The molecule has 5 heteroatoms. The summed E-state index contributed by atoms with van der Waals surface area (Å²) in [5.41, 5.74) is 0. The Morgan fingerprint density at radius 3 is 1.72 bits per heavy atom. The zero-order valence-electron chi connectivity index (χ0n) is 10.9. The fourth-order valence-corrected chi connectivity index (χ4v) is 1.63. The summed E-state index contributed by atoms with van der Waals surface area (Å²) in [6.07, 6.45) is 7.52. The van der Waals surface area contributed by atoms with Crippen molar-refractivity contribution >= 4 is 11.9 Å². The van der Waals surface area contributed by atoms with Crippen molar-refractivity contribution in [3.63, 3.8) is 0 Å². The van der Waals surface area contributed by atoms with Gasteiger partial charge < -0.3 is 14.9 Å². The van der Waals surface area contributed by atoms with Gasteiger partial charge in [0.1, 0.15) is 0 Å². The second-order valence-electron chi connectivity index (χ2n) is 4.37. The van der Waals surface area contributed by atoms with Gasteiger partial charge in [-0.25, -0.2) is 0 Å². The maximum atomic E-state index is 10.3. The molecule has 0 aliphatic carbocycles. The minimum Gasteiger partial charge on any atom is -0.481 e. The van der Waals surface area contributed by atoms with Crippen LogP contribution < -0.4 is 0 Å². The highest BCUT2D eigenvalue weighted by Gasteiger charge is 1.97. The normalized spacial score (nSPS) is 10.4. The first-order chi connectivity index (χ1) is 8.63. The average molecular weight is 260 g/mol. The van der Waals surface area contributed by atoms with E-state index in [0.29, 0.717) is 13.2 Å². The molecule has 0 unspecified atom stereocenters. The van der Waals surface area contributed by atoms with Crippen molar-refractivity contribution in [2.75, 3.05) is 13.2 Å². The minimum atomic E-state index is -0.823. The highest BCUT2D eigenvalue weighted by Crippen LogP contribution is 2.08. The Balaban J connectivity index is 2.99. The summed E-state index contributed by atoms with van der Waals surface area (Å²) < 4.78 is 5.17. The van der Waals surface area contributed by atoms with Crippen molar-refractivity contribution in [2.45, 2.75) is 57.8 Å². The molecule has 0 aromatic carbocycles. The number of rotatable bonds is 13. The van der Waals surface area contributed by atoms with Gasteiger partial charge in [0.2, 0.25) is 0 Å². The number of carboxylic acids is 2. The van der Waals surface area contributed by atoms with Crippen LogP contribution in [0.25, 0.3) is 0 Å². The fourth-order valence-electron chi connectivity index (χ4n) is 1.63. The molecular weight excluding hydrogens is 236 g/mol. The molecule has 0 aromatic rings. The van der Waals surface area contributed by atoms with E-state index in [-0.39, 0.29) is 12.8 Å². The quantitative estimate of drug-likeness (QED) is 0.497. The molecule has 0 saturated carbocycles. The monoisotopic (exact) mass is 260 g/mol. The van der Waals surface area contributed by atoms with Crippen molar-refractivity contribution in [3.05, 3.63) is 0 Å². The zero-order chi connectivity index (χ0) is 13.6. The number of hydrogen-bond donors (Lipinski definition) is 2. The summed E-state index contributed by atoms with van der Waals surface area (Å²) in [5.74, 6) is -1.54. The van der Waals surface area contributed by atoms with Crippen LogP contribution in [0.5, 0.6) is 0 Å². The molecule has 0 saturated heterocycles. The Kier molecular flexibility index (Phi) is 11.6. The van der Waals surface area contributed by atoms with Gasteiger partial charge in [-0.15, -0.1) is 0 Å². The maximum absolute atomic E-state index is 10.3. The molecule has 0 amide bonds.